The smallest absolute Gasteiger partial charge is 0.138 e. The van der Waals surface area contributed by atoms with Gasteiger partial charge in [0.05, 0.1) is 11.6 Å². The van der Waals surface area contributed by atoms with Gasteiger partial charge in [0.1, 0.15) is 5.75 Å². The molecule has 0 amide bonds. The van der Waals surface area contributed by atoms with Crippen LogP contribution in [-0.2, 0) is 0 Å². The number of ether oxygens (including phenoxy) is 1. The van der Waals surface area contributed by atoms with Crippen LogP contribution in [0.25, 0.3) is 0 Å². The van der Waals surface area contributed by atoms with Crippen molar-refractivity contribution in [2.24, 2.45) is 11.3 Å². The van der Waals surface area contributed by atoms with E-state index in [2.05, 4.69) is 39.1 Å². The summed E-state index contributed by atoms with van der Waals surface area (Å²) in [6, 6.07) is 6.56. The SMILES string of the molecule is CCCOc1ccc(NC2CC(C)CC(C)(C)C2)cc1Cl. The van der Waals surface area contributed by atoms with Gasteiger partial charge in [-0.15, -0.1) is 0 Å². The molecule has 1 fully saturated rings. The van der Waals surface area contributed by atoms with E-state index in [9.17, 15) is 0 Å². The molecular formula is C18H28ClNO. The van der Waals surface area contributed by atoms with Crippen LogP contribution in [0.3, 0.4) is 0 Å². The van der Waals surface area contributed by atoms with E-state index in [1.807, 2.05) is 12.1 Å². The van der Waals surface area contributed by atoms with Crippen molar-refractivity contribution in [1.29, 1.82) is 0 Å². The number of halogens is 1. The summed E-state index contributed by atoms with van der Waals surface area (Å²) >= 11 is 6.30. The standard InChI is InChI=1S/C18H28ClNO/c1-5-8-21-17-7-6-14(10-16(17)19)20-15-9-13(2)11-18(3,4)12-15/h6-7,10,13,15,20H,5,8-9,11-12H2,1-4H3. The fourth-order valence-electron chi connectivity index (χ4n) is 3.61. The summed E-state index contributed by atoms with van der Waals surface area (Å²) in [6.07, 6.45) is 4.75. The first-order valence-corrected chi connectivity index (χ1v) is 8.46. The van der Waals surface area contributed by atoms with E-state index in [0.29, 0.717) is 23.1 Å². The zero-order valence-corrected chi connectivity index (χ0v) is 14.5. The fraction of sp³-hybridized carbons (Fsp3) is 0.667. The number of hydrogen-bond donors (Lipinski definition) is 1. The Morgan fingerprint density at radius 2 is 2.10 bits per heavy atom. The van der Waals surface area contributed by atoms with Crippen molar-refractivity contribution in [1.82, 2.24) is 0 Å². The van der Waals surface area contributed by atoms with E-state index in [4.69, 9.17) is 16.3 Å². The lowest BCUT2D eigenvalue weighted by molar-refractivity contribution is 0.178. The van der Waals surface area contributed by atoms with Crippen LogP contribution in [0.2, 0.25) is 5.02 Å². The lowest BCUT2D eigenvalue weighted by Gasteiger charge is -2.39. The van der Waals surface area contributed by atoms with Gasteiger partial charge in [0, 0.05) is 11.7 Å². The fourth-order valence-corrected chi connectivity index (χ4v) is 3.85. The van der Waals surface area contributed by atoms with Crippen LogP contribution in [0.1, 0.15) is 53.4 Å². The monoisotopic (exact) mass is 309 g/mol. The van der Waals surface area contributed by atoms with E-state index in [1.165, 1.54) is 19.3 Å². The number of benzene rings is 1. The first-order chi connectivity index (χ1) is 9.89. The van der Waals surface area contributed by atoms with Gasteiger partial charge in [-0.2, -0.15) is 0 Å². The third-order valence-electron chi connectivity index (χ3n) is 4.15. The maximum Gasteiger partial charge on any atom is 0.138 e. The second-order valence-electron chi connectivity index (χ2n) is 7.25. The average molecular weight is 310 g/mol. The summed E-state index contributed by atoms with van der Waals surface area (Å²) in [5.41, 5.74) is 1.52. The second-order valence-corrected chi connectivity index (χ2v) is 7.66. The molecule has 1 aliphatic rings. The largest absolute Gasteiger partial charge is 0.492 e. The zero-order chi connectivity index (χ0) is 15.5. The van der Waals surface area contributed by atoms with Gasteiger partial charge in [-0.3, -0.25) is 0 Å². The minimum absolute atomic E-state index is 0.420. The Hall–Kier alpha value is -0.890. The number of nitrogens with one attached hydrogen (secondary N) is 1. The van der Waals surface area contributed by atoms with Crippen molar-refractivity contribution in [3.63, 3.8) is 0 Å². The molecule has 2 unspecified atom stereocenters. The van der Waals surface area contributed by atoms with Crippen LogP contribution < -0.4 is 10.1 Å². The lowest BCUT2D eigenvalue weighted by atomic mass is 9.70. The highest BCUT2D eigenvalue weighted by Crippen LogP contribution is 2.40. The van der Waals surface area contributed by atoms with Gasteiger partial charge >= 0.3 is 0 Å². The molecule has 3 heteroatoms. The van der Waals surface area contributed by atoms with E-state index in [0.717, 1.165) is 23.8 Å². The Labute approximate surface area is 134 Å². The van der Waals surface area contributed by atoms with Crippen LogP contribution in [-0.4, -0.2) is 12.6 Å². The van der Waals surface area contributed by atoms with Gasteiger partial charge in [0.15, 0.2) is 0 Å². The minimum atomic E-state index is 0.420. The summed E-state index contributed by atoms with van der Waals surface area (Å²) in [5, 5.41) is 4.34. The van der Waals surface area contributed by atoms with Crippen LogP contribution in [0.4, 0.5) is 5.69 Å². The second kappa shape index (κ2) is 6.91. The molecule has 0 aliphatic heterocycles. The highest BCUT2D eigenvalue weighted by atomic mass is 35.5. The van der Waals surface area contributed by atoms with E-state index >= 15 is 0 Å². The highest BCUT2D eigenvalue weighted by Gasteiger charge is 2.31. The van der Waals surface area contributed by atoms with Crippen molar-refractivity contribution in [3.8, 4) is 5.75 Å². The molecular weight excluding hydrogens is 282 g/mol. The molecule has 2 atom stereocenters. The predicted octanol–water partition coefficient (Wildman–Crippen LogP) is 5.76. The molecule has 0 radical (unpaired) electrons. The number of anilines is 1. The molecule has 0 heterocycles. The molecule has 0 aromatic heterocycles. The van der Waals surface area contributed by atoms with E-state index in [1.54, 1.807) is 0 Å². The minimum Gasteiger partial charge on any atom is -0.492 e. The Morgan fingerprint density at radius 3 is 2.71 bits per heavy atom. The molecule has 2 rings (SSSR count). The number of hydrogen-bond acceptors (Lipinski definition) is 2. The molecule has 0 bridgehead atoms. The predicted molar refractivity (Wildman–Crippen MR) is 91.4 cm³/mol. The summed E-state index contributed by atoms with van der Waals surface area (Å²) in [7, 11) is 0. The maximum atomic E-state index is 6.30. The van der Waals surface area contributed by atoms with Crippen LogP contribution in [0, 0.1) is 11.3 Å². The molecule has 1 saturated carbocycles. The van der Waals surface area contributed by atoms with Crippen molar-refractivity contribution in [2.45, 2.75) is 59.4 Å². The molecule has 0 saturated heterocycles. The molecule has 1 aliphatic carbocycles. The van der Waals surface area contributed by atoms with Gasteiger partial charge < -0.3 is 10.1 Å². The Morgan fingerprint density at radius 1 is 1.33 bits per heavy atom. The van der Waals surface area contributed by atoms with Crippen LogP contribution in [0.5, 0.6) is 5.75 Å². The third-order valence-corrected chi connectivity index (χ3v) is 4.45. The Balaban J connectivity index is 2.01. The van der Waals surface area contributed by atoms with Gasteiger partial charge in [-0.25, -0.2) is 0 Å². The first-order valence-electron chi connectivity index (χ1n) is 8.08. The summed E-state index contributed by atoms with van der Waals surface area (Å²) < 4.78 is 5.62. The third kappa shape index (κ3) is 4.81. The molecule has 118 valence electrons. The molecule has 2 nitrogen and oxygen atoms in total. The zero-order valence-electron chi connectivity index (χ0n) is 13.7. The molecule has 1 N–H and O–H groups in total. The molecule has 1 aromatic carbocycles. The van der Waals surface area contributed by atoms with Gasteiger partial charge in [0.25, 0.3) is 0 Å². The lowest BCUT2D eigenvalue weighted by Crippen LogP contribution is -2.35. The van der Waals surface area contributed by atoms with Crippen molar-refractivity contribution >= 4 is 17.3 Å². The first kappa shape index (κ1) is 16.5. The molecule has 0 spiro atoms. The Bertz CT molecular complexity index is 472. The van der Waals surface area contributed by atoms with Crippen molar-refractivity contribution in [3.05, 3.63) is 23.2 Å². The molecule has 21 heavy (non-hydrogen) atoms. The van der Waals surface area contributed by atoms with E-state index in [-0.39, 0.29) is 0 Å². The van der Waals surface area contributed by atoms with Crippen LogP contribution in [0.15, 0.2) is 18.2 Å². The maximum absolute atomic E-state index is 6.30. The Kier molecular flexibility index (Phi) is 5.43. The summed E-state index contributed by atoms with van der Waals surface area (Å²) in [6.45, 7) is 9.89. The molecule has 1 aromatic rings. The van der Waals surface area contributed by atoms with E-state index < -0.39 is 0 Å². The summed E-state index contributed by atoms with van der Waals surface area (Å²) in [5.74, 6) is 1.55. The quantitative estimate of drug-likeness (QED) is 0.747. The summed E-state index contributed by atoms with van der Waals surface area (Å²) in [4.78, 5) is 0. The normalized spacial score (nSPS) is 24.6. The highest BCUT2D eigenvalue weighted by molar-refractivity contribution is 6.32. The topological polar surface area (TPSA) is 21.3 Å². The van der Waals surface area contributed by atoms with Crippen LogP contribution >= 0.6 is 11.6 Å². The number of rotatable bonds is 5. The van der Waals surface area contributed by atoms with Gasteiger partial charge in [-0.1, -0.05) is 39.3 Å². The van der Waals surface area contributed by atoms with Gasteiger partial charge in [-0.05, 0) is 55.2 Å². The van der Waals surface area contributed by atoms with Crippen molar-refractivity contribution < 1.29 is 4.74 Å². The van der Waals surface area contributed by atoms with Crippen molar-refractivity contribution in [2.75, 3.05) is 11.9 Å². The van der Waals surface area contributed by atoms with Gasteiger partial charge in [0.2, 0.25) is 0 Å². The average Bonchev–Trinajstić information content (AvgIpc) is 2.35.